The van der Waals surface area contributed by atoms with Gasteiger partial charge in [0.05, 0.1) is 5.69 Å². The van der Waals surface area contributed by atoms with Crippen LogP contribution in [-0.4, -0.2) is 43.9 Å². The van der Waals surface area contributed by atoms with Crippen LogP contribution >= 0.6 is 0 Å². The summed E-state index contributed by atoms with van der Waals surface area (Å²) in [5, 5.41) is 15.6. The summed E-state index contributed by atoms with van der Waals surface area (Å²) in [5.74, 6) is 1.58. The molecule has 0 aliphatic heterocycles. The molecule has 4 rings (SSSR count). The van der Waals surface area contributed by atoms with E-state index in [1.807, 2.05) is 61.5 Å². The molecule has 4 aromatic rings. The van der Waals surface area contributed by atoms with Crippen LogP contribution in [0.25, 0.3) is 16.9 Å². The Morgan fingerprint density at radius 2 is 1.96 bits per heavy atom. The summed E-state index contributed by atoms with van der Waals surface area (Å²) in [7, 11) is 3.89. The van der Waals surface area contributed by atoms with Crippen molar-refractivity contribution in [2.45, 2.75) is 0 Å². The molecule has 0 aliphatic carbocycles. The van der Waals surface area contributed by atoms with Gasteiger partial charge in [0.1, 0.15) is 24.3 Å². The number of benzene rings is 1. The van der Waals surface area contributed by atoms with Gasteiger partial charge in [-0.15, -0.1) is 10.2 Å². The van der Waals surface area contributed by atoms with Gasteiger partial charge in [0.15, 0.2) is 5.65 Å². The number of hydrogen-bond acceptors (Lipinski definition) is 7. The largest absolute Gasteiger partial charge is 0.363 e. The van der Waals surface area contributed by atoms with Gasteiger partial charge in [-0.1, -0.05) is 12.1 Å². The van der Waals surface area contributed by atoms with E-state index in [2.05, 4.69) is 30.6 Å². The molecule has 0 saturated heterocycles. The second-order valence-electron chi connectivity index (χ2n) is 5.71. The van der Waals surface area contributed by atoms with Gasteiger partial charge in [0.2, 0.25) is 0 Å². The monoisotopic (exact) mass is 332 g/mol. The van der Waals surface area contributed by atoms with Gasteiger partial charge in [-0.2, -0.15) is 9.61 Å². The van der Waals surface area contributed by atoms with Crippen molar-refractivity contribution in [1.82, 2.24) is 29.8 Å². The molecule has 124 valence electrons. The molecule has 8 heteroatoms. The Kier molecular flexibility index (Phi) is 3.70. The number of fused-ring (bicyclic) bond motifs is 1. The van der Waals surface area contributed by atoms with Crippen LogP contribution < -0.4 is 10.2 Å². The Labute approximate surface area is 144 Å². The number of nitrogens with one attached hydrogen (secondary N) is 1. The van der Waals surface area contributed by atoms with Crippen LogP contribution in [0.5, 0.6) is 0 Å². The molecule has 0 fully saturated rings. The van der Waals surface area contributed by atoms with E-state index >= 15 is 0 Å². The van der Waals surface area contributed by atoms with Crippen molar-refractivity contribution in [3.8, 4) is 11.3 Å². The minimum absolute atomic E-state index is 0.718. The number of rotatable bonds is 4. The van der Waals surface area contributed by atoms with Crippen LogP contribution in [0.3, 0.4) is 0 Å². The molecule has 0 atom stereocenters. The average molecular weight is 332 g/mol. The molecule has 8 nitrogen and oxygen atoms in total. The first-order valence-corrected chi connectivity index (χ1v) is 7.73. The average Bonchev–Trinajstić information content (AvgIpc) is 3.10. The third-order valence-corrected chi connectivity index (χ3v) is 3.70. The first kappa shape index (κ1) is 15.0. The standard InChI is InChI=1S/C17H16N8/c1-24(2)17-9-15(18-10-19-17)21-13-5-3-4-12(8-13)14-6-7-16-22-20-11-25(16)23-14/h3-11H,1-2H3,(H,18,19,21). The Hall–Kier alpha value is -3.55. The highest BCUT2D eigenvalue weighted by molar-refractivity contribution is 5.68. The highest BCUT2D eigenvalue weighted by Crippen LogP contribution is 2.23. The summed E-state index contributed by atoms with van der Waals surface area (Å²) in [4.78, 5) is 10.4. The molecular weight excluding hydrogens is 316 g/mol. The van der Waals surface area contributed by atoms with Crippen LogP contribution in [0.4, 0.5) is 17.3 Å². The SMILES string of the molecule is CN(C)c1cc(Nc2cccc(-c3ccc4nncn4n3)c2)ncn1. The number of hydrogen-bond donors (Lipinski definition) is 1. The first-order valence-electron chi connectivity index (χ1n) is 7.73. The van der Waals surface area contributed by atoms with Crippen LogP contribution in [-0.2, 0) is 0 Å². The van der Waals surface area contributed by atoms with Crippen molar-refractivity contribution in [3.63, 3.8) is 0 Å². The van der Waals surface area contributed by atoms with Crippen molar-refractivity contribution in [1.29, 1.82) is 0 Å². The molecule has 0 aliphatic rings. The molecule has 0 radical (unpaired) electrons. The molecule has 0 saturated carbocycles. The minimum atomic E-state index is 0.718. The molecule has 0 unspecified atom stereocenters. The van der Waals surface area contributed by atoms with E-state index in [1.165, 1.54) is 0 Å². The van der Waals surface area contributed by atoms with E-state index in [0.717, 1.165) is 34.2 Å². The summed E-state index contributed by atoms with van der Waals surface area (Å²) in [6, 6.07) is 13.7. The number of nitrogens with zero attached hydrogens (tertiary/aromatic N) is 7. The van der Waals surface area contributed by atoms with E-state index in [4.69, 9.17) is 0 Å². The molecule has 0 bridgehead atoms. The molecule has 1 aromatic carbocycles. The normalized spacial score (nSPS) is 10.8. The Morgan fingerprint density at radius 3 is 2.84 bits per heavy atom. The fraction of sp³-hybridized carbons (Fsp3) is 0.118. The third kappa shape index (κ3) is 3.09. The minimum Gasteiger partial charge on any atom is -0.363 e. The second kappa shape index (κ2) is 6.16. The quantitative estimate of drug-likeness (QED) is 0.614. The molecule has 1 N–H and O–H groups in total. The van der Waals surface area contributed by atoms with Gasteiger partial charge in [-0.25, -0.2) is 9.97 Å². The summed E-state index contributed by atoms with van der Waals surface area (Å²) >= 11 is 0. The molecule has 0 amide bonds. The highest BCUT2D eigenvalue weighted by Gasteiger charge is 2.05. The lowest BCUT2D eigenvalue weighted by Gasteiger charge is -2.12. The zero-order valence-corrected chi connectivity index (χ0v) is 13.8. The zero-order valence-electron chi connectivity index (χ0n) is 13.8. The van der Waals surface area contributed by atoms with Crippen molar-refractivity contribution in [2.75, 3.05) is 24.3 Å². The number of aromatic nitrogens is 6. The molecule has 0 spiro atoms. The first-order chi connectivity index (χ1) is 12.2. The van der Waals surface area contributed by atoms with Crippen LogP contribution in [0.15, 0.2) is 55.1 Å². The van der Waals surface area contributed by atoms with Gasteiger partial charge in [-0.05, 0) is 24.3 Å². The fourth-order valence-corrected chi connectivity index (χ4v) is 2.45. The van der Waals surface area contributed by atoms with Gasteiger partial charge in [0, 0.05) is 31.4 Å². The van der Waals surface area contributed by atoms with Crippen molar-refractivity contribution >= 4 is 23.0 Å². The molecular formula is C17H16N8. The van der Waals surface area contributed by atoms with Crippen molar-refractivity contribution in [2.24, 2.45) is 0 Å². The maximum Gasteiger partial charge on any atom is 0.177 e. The topological polar surface area (TPSA) is 84.1 Å². The lowest BCUT2D eigenvalue weighted by atomic mass is 10.1. The predicted octanol–water partition coefficient (Wildman–Crippen LogP) is 2.39. The second-order valence-corrected chi connectivity index (χ2v) is 5.71. The summed E-state index contributed by atoms with van der Waals surface area (Å²) in [6.07, 6.45) is 3.13. The van der Waals surface area contributed by atoms with Gasteiger partial charge in [-0.3, -0.25) is 0 Å². The third-order valence-electron chi connectivity index (χ3n) is 3.70. The van der Waals surface area contributed by atoms with Crippen molar-refractivity contribution < 1.29 is 0 Å². The summed E-state index contributed by atoms with van der Waals surface area (Å²) in [6.45, 7) is 0. The maximum atomic E-state index is 4.52. The van der Waals surface area contributed by atoms with E-state index in [-0.39, 0.29) is 0 Å². The van der Waals surface area contributed by atoms with E-state index in [9.17, 15) is 0 Å². The zero-order chi connectivity index (χ0) is 17.2. The van der Waals surface area contributed by atoms with E-state index < -0.39 is 0 Å². The van der Waals surface area contributed by atoms with Crippen molar-refractivity contribution in [3.05, 3.63) is 55.1 Å². The van der Waals surface area contributed by atoms with Gasteiger partial charge < -0.3 is 10.2 Å². The predicted molar refractivity (Wildman–Crippen MR) is 95.9 cm³/mol. The summed E-state index contributed by atoms with van der Waals surface area (Å²) in [5.41, 5.74) is 3.47. The smallest absolute Gasteiger partial charge is 0.177 e. The van der Waals surface area contributed by atoms with Crippen LogP contribution in [0.1, 0.15) is 0 Å². The molecule has 25 heavy (non-hydrogen) atoms. The highest BCUT2D eigenvalue weighted by atomic mass is 15.3. The Bertz CT molecular complexity index is 1020. The fourth-order valence-electron chi connectivity index (χ4n) is 2.45. The maximum absolute atomic E-state index is 4.52. The lowest BCUT2D eigenvalue weighted by Crippen LogP contribution is -2.11. The Balaban J connectivity index is 1.64. The van der Waals surface area contributed by atoms with E-state index in [0.29, 0.717) is 0 Å². The Morgan fingerprint density at radius 1 is 1.04 bits per heavy atom. The number of anilines is 3. The van der Waals surface area contributed by atoms with E-state index in [1.54, 1.807) is 17.2 Å². The molecule has 3 heterocycles. The lowest BCUT2D eigenvalue weighted by molar-refractivity contribution is 0.932. The molecule has 3 aromatic heterocycles. The van der Waals surface area contributed by atoms with Crippen LogP contribution in [0.2, 0.25) is 0 Å². The van der Waals surface area contributed by atoms with Crippen LogP contribution in [0, 0.1) is 0 Å². The van der Waals surface area contributed by atoms with Gasteiger partial charge >= 0.3 is 0 Å². The van der Waals surface area contributed by atoms with Gasteiger partial charge in [0.25, 0.3) is 0 Å². The summed E-state index contributed by atoms with van der Waals surface area (Å²) < 4.78 is 1.66.